The second kappa shape index (κ2) is 10.5. The van der Waals surface area contributed by atoms with E-state index in [0.29, 0.717) is 24.6 Å². The van der Waals surface area contributed by atoms with Crippen molar-refractivity contribution in [2.24, 2.45) is 0 Å². The average molecular weight is 406 g/mol. The van der Waals surface area contributed by atoms with Gasteiger partial charge in [0.1, 0.15) is 6.04 Å². The van der Waals surface area contributed by atoms with Crippen LogP contribution in [0.3, 0.4) is 0 Å². The maximum atomic E-state index is 12.5. The van der Waals surface area contributed by atoms with E-state index in [0.717, 1.165) is 5.56 Å². The highest BCUT2D eigenvalue weighted by atomic mass is 16.5. The predicted octanol–water partition coefficient (Wildman–Crippen LogP) is 2.98. The molecule has 156 valence electrons. The first-order chi connectivity index (χ1) is 14.6. The van der Waals surface area contributed by atoms with Crippen molar-refractivity contribution in [3.05, 3.63) is 95.1 Å². The quantitative estimate of drug-likeness (QED) is 0.575. The van der Waals surface area contributed by atoms with E-state index in [1.165, 1.54) is 16.7 Å². The van der Waals surface area contributed by atoms with Crippen LogP contribution in [0.15, 0.2) is 72.8 Å². The van der Waals surface area contributed by atoms with E-state index < -0.39 is 0 Å². The number of carbonyl (C=O) groups excluding carboxylic acids is 1. The summed E-state index contributed by atoms with van der Waals surface area (Å²) in [5, 5.41) is 5.06. The summed E-state index contributed by atoms with van der Waals surface area (Å²) in [6.45, 7) is 2.85. The molecule has 0 heterocycles. The number of nitrogens with two attached hydrogens (primary N) is 1. The Bertz CT molecular complexity index is 956. The number of ether oxygens (including phenoxy) is 2. The molecule has 0 spiro atoms. The van der Waals surface area contributed by atoms with Crippen molar-refractivity contribution in [2.45, 2.75) is 19.5 Å². The smallest absolute Gasteiger partial charge is 0.275 e. The van der Waals surface area contributed by atoms with Crippen LogP contribution in [0.5, 0.6) is 11.5 Å². The van der Waals surface area contributed by atoms with Gasteiger partial charge in [-0.2, -0.15) is 0 Å². The summed E-state index contributed by atoms with van der Waals surface area (Å²) in [4.78, 5) is 12.5. The SMILES string of the molecule is COc1ccc(CNC(=O)C[NH2+][C@H](c2ccccc2)c2ccc(C)cc2)cc1OC. The van der Waals surface area contributed by atoms with Gasteiger partial charge in [-0.1, -0.05) is 66.2 Å². The zero-order valence-corrected chi connectivity index (χ0v) is 17.7. The van der Waals surface area contributed by atoms with Crippen molar-refractivity contribution in [1.82, 2.24) is 5.32 Å². The predicted molar refractivity (Wildman–Crippen MR) is 118 cm³/mol. The van der Waals surface area contributed by atoms with Crippen LogP contribution in [0.1, 0.15) is 28.3 Å². The van der Waals surface area contributed by atoms with Gasteiger partial charge >= 0.3 is 0 Å². The van der Waals surface area contributed by atoms with Crippen LogP contribution < -0.4 is 20.1 Å². The monoisotopic (exact) mass is 405 g/mol. The molecule has 1 atom stereocenters. The summed E-state index contributed by atoms with van der Waals surface area (Å²) in [7, 11) is 3.20. The van der Waals surface area contributed by atoms with Gasteiger partial charge in [0, 0.05) is 17.7 Å². The Morgan fingerprint density at radius 1 is 0.900 bits per heavy atom. The molecule has 3 aromatic rings. The first kappa shape index (κ1) is 21.4. The Labute approximate surface area is 178 Å². The number of nitrogens with one attached hydrogen (secondary N) is 1. The molecule has 3 aromatic carbocycles. The largest absolute Gasteiger partial charge is 0.493 e. The molecule has 0 aliphatic heterocycles. The van der Waals surface area contributed by atoms with E-state index in [1.807, 2.05) is 36.4 Å². The number of benzene rings is 3. The molecule has 0 aliphatic rings. The van der Waals surface area contributed by atoms with Crippen LogP contribution in [0.25, 0.3) is 0 Å². The second-order valence-electron chi connectivity index (χ2n) is 7.20. The van der Waals surface area contributed by atoms with Crippen molar-refractivity contribution in [2.75, 3.05) is 20.8 Å². The second-order valence-corrected chi connectivity index (χ2v) is 7.20. The van der Waals surface area contributed by atoms with Crippen molar-refractivity contribution >= 4 is 5.91 Å². The minimum Gasteiger partial charge on any atom is -0.493 e. The summed E-state index contributed by atoms with van der Waals surface area (Å²) in [6, 6.07) is 24.4. The van der Waals surface area contributed by atoms with Gasteiger partial charge in [0.05, 0.1) is 14.2 Å². The highest BCUT2D eigenvalue weighted by Gasteiger charge is 2.18. The molecule has 5 heteroatoms. The molecule has 1 amide bonds. The minimum atomic E-state index is -0.0159. The Balaban J connectivity index is 1.62. The fourth-order valence-electron chi connectivity index (χ4n) is 3.39. The number of carbonyl (C=O) groups is 1. The molecule has 0 fully saturated rings. The van der Waals surface area contributed by atoms with Crippen molar-refractivity contribution in [3.63, 3.8) is 0 Å². The van der Waals surface area contributed by atoms with Crippen molar-refractivity contribution in [1.29, 1.82) is 0 Å². The summed E-state index contributed by atoms with van der Waals surface area (Å²) in [6.07, 6.45) is 0. The Hall–Kier alpha value is -3.31. The first-order valence-corrected chi connectivity index (χ1v) is 10.0. The van der Waals surface area contributed by atoms with E-state index in [1.54, 1.807) is 14.2 Å². The normalized spacial score (nSPS) is 11.6. The Morgan fingerprint density at radius 3 is 2.23 bits per heavy atom. The van der Waals surface area contributed by atoms with E-state index >= 15 is 0 Å². The van der Waals surface area contributed by atoms with Gasteiger partial charge in [0.25, 0.3) is 5.91 Å². The number of quaternary nitrogens is 1. The first-order valence-electron chi connectivity index (χ1n) is 10.0. The molecular weight excluding hydrogens is 376 g/mol. The van der Waals surface area contributed by atoms with Crippen LogP contribution in [0.4, 0.5) is 0 Å². The fourth-order valence-corrected chi connectivity index (χ4v) is 3.39. The van der Waals surface area contributed by atoms with Gasteiger partial charge in [-0.15, -0.1) is 0 Å². The summed E-state index contributed by atoms with van der Waals surface area (Å²) >= 11 is 0. The molecule has 5 nitrogen and oxygen atoms in total. The van der Waals surface area contributed by atoms with Gasteiger partial charge in [-0.05, 0) is 24.6 Å². The average Bonchev–Trinajstić information content (AvgIpc) is 2.79. The van der Waals surface area contributed by atoms with E-state index in [-0.39, 0.29) is 11.9 Å². The topological polar surface area (TPSA) is 64.2 Å². The minimum absolute atomic E-state index is 0.0159. The Morgan fingerprint density at radius 2 is 1.57 bits per heavy atom. The number of amides is 1. The standard InChI is InChI=1S/C25H28N2O3/c1-18-9-12-21(13-10-18)25(20-7-5-4-6-8-20)27-17-24(28)26-16-19-11-14-22(29-2)23(15-19)30-3/h4-15,25,27H,16-17H2,1-3H3,(H,26,28)/p+1/t25-/m1/s1. The Kier molecular flexibility index (Phi) is 7.46. The van der Waals surface area contributed by atoms with Gasteiger partial charge in [0.2, 0.25) is 0 Å². The van der Waals surface area contributed by atoms with Crippen molar-refractivity contribution < 1.29 is 19.6 Å². The lowest BCUT2D eigenvalue weighted by Crippen LogP contribution is -2.87. The maximum Gasteiger partial charge on any atom is 0.275 e. The molecule has 0 radical (unpaired) electrons. The lowest BCUT2D eigenvalue weighted by atomic mass is 9.98. The van der Waals surface area contributed by atoms with Gasteiger partial charge in [-0.3, -0.25) is 4.79 Å². The van der Waals surface area contributed by atoms with Crippen LogP contribution in [-0.2, 0) is 11.3 Å². The zero-order valence-electron chi connectivity index (χ0n) is 17.7. The zero-order chi connectivity index (χ0) is 21.3. The molecule has 0 unspecified atom stereocenters. The summed E-state index contributed by atoms with van der Waals surface area (Å²) in [5.41, 5.74) is 4.53. The van der Waals surface area contributed by atoms with E-state index in [4.69, 9.17) is 9.47 Å². The highest BCUT2D eigenvalue weighted by molar-refractivity contribution is 5.76. The highest BCUT2D eigenvalue weighted by Crippen LogP contribution is 2.27. The van der Waals surface area contributed by atoms with E-state index in [2.05, 4.69) is 54.0 Å². The molecule has 0 aliphatic carbocycles. The summed E-state index contributed by atoms with van der Waals surface area (Å²) in [5.74, 6) is 1.31. The number of hydrogen-bond donors (Lipinski definition) is 2. The molecular formula is C25H29N2O3+. The molecule has 0 aromatic heterocycles. The number of methoxy groups -OCH3 is 2. The third kappa shape index (κ3) is 5.61. The number of rotatable bonds is 9. The molecule has 0 bridgehead atoms. The third-order valence-electron chi connectivity index (χ3n) is 5.07. The maximum absolute atomic E-state index is 12.5. The van der Waals surface area contributed by atoms with Gasteiger partial charge in [-0.25, -0.2) is 0 Å². The van der Waals surface area contributed by atoms with Crippen LogP contribution in [0.2, 0.25) is 0 Å². The lowest BCUT2D eigenvalue weighted by Gasteiger charge is -2.17. The van der Waals surface area contributed by atoms with Crippen LogP contribution >= 0.6 is 0 Å². The molecule has 0 saturated carbocycles. The number of aryl methyl sites for hydroxylation is 1. The molecule has 3 rings (SSSR count). The third-order valence-corrected chi connectivity index (χ3v) is 5.07. The lowest BCUT2D eigenvalue weighted by molar-refractivity contribution is -0.676. The van der Waals surface area contributed by atoms with E-state index in [9.17, 15) is 4.79 Å². The van der Waals surface area contributed by atoms with Crippen LogP contribution in [0, 0.1) is 6.92 Å². The molecule has 30 heavy (non-hydrogen) atoms. The van der Waals surface area contributed by atoms with Gasteiger partial charge < -0.3 is 20.1 Å². The fraction of sp³-hybridized carbons (Fsp3) is 0.240. The molecule has 3 N–H and O–H groups in total. The van der Waals surface area contributed by atoms with Crippen LogP contribution in [-0.4, -0.2) is 26.7 Å². The molecule has 0 saturated heterocycles. The summed E-state index contributed by atoms with van der Waals surface area (Å²) < 4.78 is 10.6. The van der Waals surface area contributed by atoms with Crippen molar-refractivity contribution in [3.8, 4) is 11.5 Å². The van der Waals surface area contributed by atoms with Gasteiger partial charge in [0.15, 0.2) is 18.0 Å². The number of hydrogen-bond acceptors (Lipinski definition) is 3.